The molecule has 0 N–H and O–H groups in total. The van der Waals surface area contributed by atoms with Crippen LogP contribution >= 0.6 is 11.3 Å². The molecule has 22 heavy (non-hydrogen) atoms. The summed E-state index contributed by atoms with van der Waals surface area (Å²) in [6.45, 7) is 4.76. The van der Waals surface area contributed by atoms with Gasteiger partial charge in [-0.3, -0.25) is 0 Å². The Hall–Kier alpha value is -1.46. The molecule has 3 rings (SSSR count). The Labute approximate surface area is 135 Å². The van der Waals surface area contributed by atoms with E-state index in [1.54, 1.807) is 24.8 Å². The number of fused-ring (bicyclic) bond motifs is 1. The Kier molecular flexibility index (Phi) is 5.05. The molecule has 118 valence electrons. The highest BCUT2D eigenvalue weighted by atomic mass is 32.1. The molecule has 0 bridgehead atoms. The third-order valence-electron chi connectivity index (χ3n) is 4.15. The molecule has 1 aliphatic carbocycles. The molecule has 1 unspecified atom stereocenters. The van der Waals surface area contributed by atoms with E-state index in [1.807, 2.05) is 0 Å². The average molecular weight is 317 g/mol. The van der Waals surface area contributed by atoms with Gasteiger partial charge in [-0.05, 0) is 38.2 Å². The monoisotopic (exact) mass is 317 g/mol. The van der Waals surface area contributed by atoms with E-state index >= 15 is 0 Å². The van der Waals surface area contributed by atoms with Crippen molar-refractivity contribution in [1.29, 1.82) is 0 Å². The van der Waals surface area contributed by atoms with Gasteiger partial charge in [0.2, 0.25) is 0 Å². The van der Waals surface area contributed by atoms with Gasteiger partial charge in [0.25, 0.3) is 0 Å². The Morgan fingerprint density at radius 1 is 1.36 bits per heavy atom. The molecular formula is C17H23N3OS. The normalized spacial score (nSPS) is 18.0. The molecule has 0 aromatic carbocycles. The third kappa shape index (κ3) is 3.47. The number of aryl methyl sites for hydroxylation is 1. The SMILES string of the molecule is COCCN(CC1CC=CCC1)c1ncnc2sc(C)cc12. The first-order chi connectivity index (χ1) is 10.8. The van der Waals surface area contributed by atoms with Crippen molar-refractivity contribution in [2.75, 3.05) is 31.7 Å². The van der Waals surface area contributed by atoms with Crippen molar-refractivity contribution < 1.29 is 4.74 Å². The van der Waals surface area contributed by atoms with Crippen LogP contribution in [0.4, 0.5) is 5.82 Å². The fourth-order valence-corrected chi connectivity index (χ4v) is 3.88. The zero-order chi connectivity index (χ0) is 15.4. The number of allylic oxidation sites excluding steroid dienone is 2. The van der Waals surface area contributed by atoms with Gasteiger partial charge < -0.3 is 9.64 Å². The second-order valence-corrected chi connectivity index (χ2v) is 7.10. The maximum absolute atomic E-state index is 5.30. The minimum absolute atomic E-state index is 0.701. The molecule has 0 fully saturated rings. The summed E-state index contributed by atoms with van der Waals surface area (Å²) in [6.07, 6.45) is 9.92. The first-order valence-corrected chi connectivity index (χ1v) is 8.69. The largest absolute Gasteiger partial charge is 0.383 e. The number of thiophene rings is 1. The Morgan fingerprint density at radius 3 is 3.05 bits per heavy atom. The van der Waals surface area contributed by atoms with E-state index in [0.29, 0.717) is 5.92 Å². The van der Waals surface area contributed by atoms with Crippen molar-refractivity contribution in [1.82, 2.24) is 9.97 Å². The van der Waals surface area contributed by atoms with E-state index in [9.17, 15) is 0 Å². The lowest BCUT2D eigenvalue weighted by atomic mass is 9.94. The first-order valence-electron chi connectivity index (χ1n) is 7.88. The van der Waals surface area contributed by atoms with E-state index in [0.717, 1.165) is 30.3 Å². The third-order valence-corrected chi connectivity index (χ3v) is 5.11. The summed E-state index contributed by atoms with van der Waals surface area (Å²) in [5.41, 5.74) is 0. The predicted molar refractivity (Wildman–Crippen MR) is 92.7 cm³/mol. The zero-order valence-electron chi connectivity index (χ0n) is 13.3. The molecule has 1 aliphatic rings. The number of ether oxygens (including phenoxy) is 1. The maximum atomic E-state index is 5.30. The first kappa shape index (κ1) is 15.4. The highest BCUT2D eigenvalue weighted by Crippen LogP contribution is 2.31. The average Bonchev–Trinajstić information content (AvgIpc) is 2.92. The molecule has 0 radical (unpaired) electrons. The molecule has 0 aliphatic heterocycles. The van der Waals surface area contributed by atoms with Crippen molar-refractivity contribution in [2.24, 2.45) is 5.92 Å². The van der Waals surface area contributed by atoms with E-state index < -0.39 is 0 Å². The van der Waals surface area contributed by atoms with Gasteiger partial charge in [0.1, 0.15) is 17.0 Å². The molecule has 2 aromatic rings. The molecular weight excluding hydrogens is 294 g/mol. The van der Waals surface area contributed by atoms with E-state index in [-0.39, 0.29) is 0 Å². The summed E-state index contributed by atoms with van der Waals surface area (Å²) in [6, 6.07) is 2.20. The topological polar surface area (TPSA) is 38.2 Å². The summed E-state index contributed by atoms with van der Waals surface area (Å²) in [5.74, 6) is 1.76. The Bertz CT molecular complexity index is 652. The highest BCUT2D eigenvalue weighted by molar-refractivity contribution is 7.18. The van der Waals surface area contributed by atoms with Crippen molar-refractivity contribution in [3.63, 3.8) is 0 Å². The lowest BCUT2D eigenvalue weighted by Gasteiger charge is -2.29. The summed E-state index contributed by atoms with van der Waals surface area (Å²) in [4.78, 5) is 13.7. The number of hydrogen-bond acceptors (Lipinski definition) is 5. The van der Waals surface area contributed by atoms with Crippen LogP contribution in [-0.2, 0) is 4.74 Å². The van der Waals surface area contributed by atoms with E-state index in [1.165, 1.54) is 29.5 Å². The lowest BCUT2D eigenvalue weighted by Crippen LogP contribution is -2.33. The number of hydrogen-bond donors (Lipinski definition) is 0. The van der Waals surface area contributed by atoms with Crippen molar-refractivity contribution in [3.8, 4) is 0 Å². The highest BCUT2D eigenvalue weighted by Gasteiger charge is 2.19. The van der Waals surface area contributed by atoms with Crippen LogP contribution in [0.15, 0.2) is 24.5 Å². The van der Waals surface area contributed by atoms with Crippen molar-refractivity contribution >= 4 is 27.4 Å². The number of anilines is 1. The molecule has 5 heteroatoms. The van der Waals surface area contributed by atoms with Gasteiger partial charge in [0.05, 0.1) is 12.0 Å². The van der Waals surface area contributed by atoms with Crippen LogP contribution < -0.4 is 4.90 Å². The second-order valence-electron chi connectivity index (χ2n) is 5.86. The summed E-state index contributed by atoms with van der Waals surface area (Å²) < 4.78 is 5.30. The van der Waals surface area contributed by atoms with Crippen LogP contribution in [0.2, 0.25) is 0 Å². The van der Waals surface area contributed by atoms with Gasteiger partial charge in [0.15, 0.2) is 0 Å². The van der Waals surface area contributed by atoms with Crippen LogP contribution in [0.25, 0.3) is 10.2 Å². The van der Waals surface area contributed by atoms with E-state index in [2.05, 4.69) is 40.0 Å². The molecule has 1 atom stereocenters. The zero-order valence-corrected chi connectivity index (χ0v) is 14.1. The van der Waals surface area contributed by atoms with Crippen LogP contribution in [0.3, 0.4) is 0 Å². The van der Waals surface area contributed by atoms with Gasteiger partial charge in [-0.2, -0.15) is 0 Å². The van der Waals surface area contributed by atoms with Crippen LogP contribution in [0, 0.1) is 12.8 Å². The minimum atomic E-state index is 0.701. The molecule has 0 spiro atoms. The van der Waals surface area contributed by atoms with Gasteiger partial charge in [-0.15, -0.1) is 11.3 Å². The van der Waals surface area contributed by atoms with Crippen molar-refractivity contribution in [2.45, 2.75) is 26.2 Å². The number of aromatic nitrogens is 2. The molecule has 0 saturated heterocycles. The summed E-state index contributed by atoms with van der Waals surface area (Å²) >= 11 is 1.73. The number of nitrogens with zero attached hydrogens (tertiary/aromatic N) is 3. The quantitative estimate of drug-likeness (QED) is 0.759. The number of methoxy groups -OCH3 is 1. The van der Waals surface area contributed by atoms with Crippen LogP contribution in [0.1, 0.15) is 24.1 Å². The van der Waals surface area contributed by atoms with E-state index in [4.69, 9.17) is 4.74 Å². The molecule has 0 amide bonds. The minimum Gasteiger partial charge on any atom is -0.383 e. The summed E-state index contributed by atoms with van der Waals surface area (Å²) in [7, 11) is 1.76. The number of rotatable bonds is 6. The fraction of sp³-hybridized carbons (Fsp3) is 0.529. The van der Waals surface area contributed by atoms with Crippen molar-refractivity contribution in [3.05, 3.63) is 29.4 Å². The lowest BCUT2D eigenvalue weighted by molar-refractivity contribution is 0.204. The Balaban J connectivity index is 1.87. The van der Waals surface area contributed by atoms with Crippen LogP contribution in [0.5, 0.6) is 0 Å². The second kappa shape index (κ2) is 7.20. The standard InChI is InChI=1S/C17H23N3OS/c1-13-10-15-16(18-12-19-17(15)22-13)20(8-9-21-2)11-14-6-4-3-5-7-14/h3-4,10,12,14H,5-9,11H2,1-2H3. The summed E-state index contributed by atoms with van der Waals surface area (Å²) in [5, 5.41) is 1.17. The van der Waals surface area contributed by atoms with Gasteiger partial charge >= 0.3 is 0 Å². The predicted octanol–water partition coefficient (Wildman–Crippen LogP) is 3.81. The van der Waals surface area contributed by atoms with Gasteiger partial charge in [-0.1, -0.05) is 12.2 Å². The maximum Gasteiger partial charge on any atom is 0.140 e. The Morgan fingerprint density at radius 2 is 2.27 bits per heavy atom. The van der Waals surface area contributed by atoms with Gasteiger partial charge in [-0.25, -0.2) is 9.97 Å². The van der Waals surface area contributed by atoms with Crippen LogP contribution in [-0.4, -0.2) is 36.8 Å². The molecule has 0 saturated carbocycles. The smallest absolute Gasteiger partial charge is 0.140 e. The molecule has 4 nitrogen and oxygen atoms in total. The molecule has 2 aromatic heterocycles. The van der Waals surface area contributed by atoms with Gasteiger partial charge in [0, 0.05) is 25.1 Å². The fourth-order valence-electron chi connectivity index (χ4n) is 3.03. The molecule has 2 heterocycles.